The van der Waals surface area contributed by atoms with Crippen molar-refractivity contribution in [2.75, 3.05) is 0 Å². The van der Waals surface area contributed by atoms with Gasteiger partial charge < -0.3 is 4.42 Å². The summed E-state index contributed by atoms with van der Waals surface area (Å²) in [6.07, 6.45) is 0. The molecule has 0 fully saturated rings. The molecule has 0 spiro atoms. The summed E-state index contributed by atoms with van der Waals surface area (Å²) < 4.78 is 42.3. The predicted octanol–water partition coefficient (Wildman–Crippen LogP) is 12.6. The molecule has 210 valence electrons. The molecule has 0 aliphatic heterocycles. The first kappa shape index (κ1) is 21.7. The summed E-state index contributed by atoms with van der Waals surface area (Å²) in [7, 11) is 0. The van der Waals surface area contributed by atoms with E-state index in [-0.39, 0.29) is 24.2 Å². The summed E-state index contributed by atoms with van der Waals surface area (Å²) in [6.45, 7) is 0. The molecule has 0 atom stereocenters. The zero-order chi connectivity index (χ0) is 33.2. The molecule has 0 aliphatic rings. The van der Waals surface area contributed by atoms with Gasteiger partial charge in [0.25, 0.3) is 0 Å². The Balaban J connectivity index is 1.46. The monoisotopic (exact) mass is 576 g/mol. The van der Waals surface area contributed by atoms with E-state index >= 15 is 0 Å². The van der Waals surface area contributed by atoms with Crippen LogP contribution >= 0.6 is 0 Å². The lowest BCUT2D eigenvalue weighted by Crippen LogP contribution is -1.93. The number of hydrogen-bond donors (Lipinski definition) is 0. The predicted molar refractivity (Wildman–Crippen MR) is 190 cm³/mol. The molecule has 0 amide bonds. The van der Waals surface area contributed by atoms with Crippen molar-refractivity contribution < 1.29 is 9.90 Å². The summed E-state index contributed by atoms with van der Waals surface area (Å²) in [6, 6.07) is 48.2. The second kappa shape index (κ2) is 10.4. The van der Waals surface area contributed by atoms with Crippen molar-refractivity contribution in [1.29, 1.82) is 0 Å². The van der Waals surface area contributed by atoms with Crippen molar-refractivity contribution in [3.63, 3.8) is 0 Å². The normalized spacial score (nSPS) is 12.8. The molecule has 0 saturated heterocycles. The molecule has 0 saturated carbocycles. The maximum Gasteiger partial charge on any atom is 0.136 e. The maximum atomic E-state index is 9.31. The van der Waals surface area contributed by atoms with Crippen LogP contribution in [0.3, 0.4) is 0 Å². The lowest BCUT2D eigenvalue weighted by atomic mass is 9.83. The van der Waals surface area contributed by atoms with Crippen LogP contribution in [0.25, 0.3) is 88.0 Å². The SMILES string of the molecule is [2H]c1c([2H])c([2H])c(-c2c3ccccc3c(-c3cccc4oc5cccc(-c6ccccc6)c5c34)c3ccccc23)c(-c2ccccc2)c1[2H]. The Morgan fingerprint density at radius 3 is 1.33 bits per heavy atom. The van der Waals surface area contributed by atoms with Gasteiger partial charge in [-0.2, -0.15) is 0 Å². The van der Waals surface area contributed by atoms with Gasteiger partial charge in [-0.25, -0.2) is 0 Å². The van der Waals surface area contributed by atoms with Crippen LogP contribution in [0, 0.1) is 0 Å². The van der Waals surface area contributed by atoms with E-state index < -0.39 is 0 Å². The first-order chi connectivity index (χ1) is 24.0. The van der Waals surface area contributed by atoms with Crippen LogP contribution in [-0.2, 0) is 0 Å². The molecule has 9 rings (SSSR count). The van der Waals surface area contributed by atoms with Gasteiger partial charge in [-0.3, -0.25) is 0 Å². The van der Waals surface area contributed by atoms with Crippen LogP contribution < -0.4 is 0 Å². The Morgan fingerprint density at radius 1 is 0.356 bits per heavy atom. The molecule has 1 nitrogen and oxygen atoms in total. The molecular formula is C44H28O. The van der Waals surface area contributed by atoms with Crippen molar-refractivity contribution in [2.24, 2.45) is 0 Å². The highest BCUT2D eigenvalue weighted by molar-refractivity contribution is 6.27. The summed E-state index contributed by atoms with van der Waals surface area (Å²) in [5.41, 5.74) is 8.44. The van der Waals surface area contributed by atoms with Gasteiger partial charge in [0.1, 0.15) is 11.2 Å². The average Bonchev–Trinajstić information content (AvgIpc) is 3.55. The molecule has 1 aromatic heterocycles. The molecule has 0 N–H and O–H groups in total. The lowest BCUT2D eigenvalue weighted by Gasteiger charge is -2.20. The number of rotatable bonds is 4. The van der Waals surface area contributed by atoms with Gasteiger partial charge in [0.05, 0.1) is 5.48 Å². The number of benzene rings is 8. The first-order valence-electron chi connectivity index (χ1n) is 17.1. The van der Waals surface area contributed by atoms with Crippen molar-refractivity contribution in [1.82, 2.24) is 0 Å². The highest BCUT2D eigenvalue weighted by atomic mass is 16.3. The van der Waals surface area contributed by atoms with E-state index in [1.807, 2.05) is 84.9 Å². The Kier molecular flexibility index (Phi) is 5.00. The van der Waals surface area contributed by atoms with Gasteiger partial charge in [0.2, 0.25) is 0 Å². The topological polar surface area (TPSA) is 13.1 Å². The van der Waals surface area contributed by atoms with Crippen LogP contribution in [0.15, 0.2) is 174 Å². The van der Waals surface area contributed by atoms with Gasteiger partial charge in [0, 0.05) is 10.8 Å². The molecule has 1 heterocycles. The standard InChI is InChI=1S/C44H28O/c1-3-15-29(16-4-1)31-19-7-8-20-33(31)41-34-21-9-11-23-36(34)42(37-24-12-10-22-35(37)41)38-26-14-28-40-44(38)43-32(25-13-27-39(43)45-40)30-17-5-2-6-18-30/h1-28H/i7D,8D,19D,20D. The highest BCUT2D eigenvalue weighted by Crippen LogP contribution is 2.49. The van der Waals surface area contributed by atoms with Crippen LogP contribution in [0.2, 0.25) is 0 Å². The summed E-state index contributed by atoms with van der Waals surface area (Å²) in [5, 5.41) is 5.88. The second-order valence-corrected chi connectivity index (χ2v) is 11.3. The minimum atomic E-state index is -0.250. The van der Waals surface area contributed by atoms with E-state index in [0.29, 0.717) is 11.1 Å². The van der Waals surface area contributed by atoms with Crippen LogP contribution in [0.5, 0.6) is 0 Å². The van der Waals surface area contributed by atoms with Crippen LogP contribution in [-0.4, -0.2) is 0 Å². The van der Waals surface area contributed by atoms with E-state index in [1.54, 1.807) is 0 Å². The summed E-state index contributed by atoms with van der Waals surface area (Å²) in [5.74, 6) is 0. The fourth-order valence-electron chi connectivity index (χ4n) is 6.94. The van der Waals surface area contributed by atoms with E-state index in [2.05, 4.69) is 60.7 Å². The molecule has 0 aliphatic carbocycles. The van der Waals surface area contributed by atoms with Crippen LogP contribution in [0.1, 0.15) is 5.48 Å². The van der Waals surface area contributed by atoms with Crippen molar-refractivity contribution in [3.8, 4) is 44.5 Å². The van der Waals surface area contributed by atoms with Gasteiger partial charge in [0.15, 0.2) is 0 Å². The quantitative estimate of drug-likeness (QED) is 0.190. The molecule has 1 heteroatoms. The van der Waals surface area contributed by atoms with Gasteiger partial charge in [-0.05, 0) is 78.2 Å². The highest BCUT2D eigenvalue weighted by Gasteiger charge is 2.22. The Hall–Kier alpha value is -5.92. The molecule has 8 aromatic carbocycles. The zero-order valence-electron chi connectivity index (χ0n) is 28.3. The molecule has 0 radical (unpaired) electrons. The molecule has 0 bridgehead atoms. The fourth-order valence-corrected chi connectivity index (χ4v) is 6.94. The summed E-state index contributed by atoms with van der Waals surface area (Å²) in [4.78, 5) is 0. The third-order valence-electron chi connectivity index (χ3n) is 8.81. The van der Waals surface area contributed by atoms with Gasteiger partial charge in [-0.1, -0.05) is 158 Å². The molecule has 45 heavy (non-hydrogen) atoms. The third-order valence-corrected chi connectivity index (χ3v) is 8.81. The Labute approximate surface area is 267 Å². The largest absolute Gasteiger partial charge is 0.456 e. The minimum absolute atomic E-state index is 0.0532. The number of furan rings is 1. The van der Waals surface area contributed by atoms with E-state index in [1.165, 1.54) is 0 Å². The molecule has 9 aromatic rings. The third kappa shape index (κ3) is 4.02. The summed E-state index contributed by atoms with van der Waals surface area (Å²) >= 11 is 0. The fraction of sp³-hybridized carbons (Fsp3) is 0. The Morgan fingerprint density at radius 2 is 0.778 bits per heavy atom. The van der Waals surface area contributed by atoms with E-state index in [0.717, 1.165) is 76.9 Å². The van der Waals surface area contributed by atoms with E-state index in [4.69, 9.17) is 8.53 Å². The average molecular weight is 577 g/mol. The number of fused-ring (bicyclic) bond motifs is 5. The molecular weight excluding hydrogens is 544 g/mol. The van der Waals surface area contributed by atoms with Crippen LogP contribution in [0.4, 0.5) is 0 Å². The van der Waals surface area contributed by atoms with Gasteiger partial charge in [-0.15, -0.1) is 0 Å². The van der Waals surface area contributed by atoms with Crippen molar-refractivity contribution in [3.05, 3.63) is 170 Å². The first-order valence-corrected chi connectivity index (χ1v) is 15.1. The maximum absolute atomic E-state index is 9.31. The van der Waals surface area contributed by atoms with Gasteiger partial charge >= 0.3 is 0 Å². The second-order valence-electron chi connectivity index (χ2n) is 11.3. The number of hydrogen-bond acceptors (Lipinski definition) is 1. The van der Waals surface area contributed by atoms with Crippen molar-refractivity contribution >= 4 is 43.5 Å². The zero-order valence-corrected chi connectivity index (χ0v) is 24.3. The molecule has 0 unspecified atom stereocenters. The smallest absolute Gasteiger partial charge is 0.136 e. The lowest BCUT2D eigenvalue weighted by molar-refractivity contribution is 0.669. The Bertz CT molecular complexity index is 2690. The minimum Gasteiger partial charge on any atom is -0.456 e. The van der Waals surface area contributed by atoms with Crippen molar-refractivity contribution in [2.45, 2.75) is 0 Å². The van der Waals surface area contributed by atoms with E-state index in [9.17, 15) is 1.37 Å².